The molecule has 2 rings (SSSR count). The molecule has 1 aliphatic heterocycles. The molecule has 0 aliphatic carbocycles. The van der Waals surface area contributed by atoms with Crippen LogP contribution >= 0.6 is 0 Å². The maximum atomic E-state index is 12.8. The molecule has 1 aromatic heterocycles. The average Bonchev–Trinajstić information content (AvgIpc) is 2.92. The second-order valence-electron chi connectivity index (χ2n) is 4.60. The quantitative estimate of drug-likeness (QED) is 0.817. The Hall–Kier alpha value is -1.80. The van der Waals surface area contributed by atoms with Crippen molar-refractivity contribution >= 4 is 5.78 Å². The van der Waals surface area contributed by atoms with Gasteiger partial charge in [-0.05, 0) is 31.4 Å². The molecule has 0 radical (unpaired) electrons. The lowest BCUT2D eigenvalue weighted by molar-refractivity contribution is -0.120. The van der Waals surface area contributed by atoms with Gasteiger partial charge in [-0.2, -0.15) is 5.26 Å². The fraction of sp³-hybridized carbons (Fsp3) is 0.500. The third-order valence-corrected chi connectivity index (χ3v) is 3.23. The molecule has 0 bridgehead atoms. The number of ketones is 1. The zero-order chi connectivity index (χ0) is 13.7. The van der Waals surface area contributed by atoms with Crippen LogP contribution in [0.3, 0.4) is 0 Å². The minimum Gasteiger partial charge on any atom is -0.378 e. The van der Waals surface area contributed by atoms with Crippen molar-refractivity contribution in [1.82, 2.24) is 4.98 Å². The van der Waals surface area contributed by atoms with Gasteiger partial charge >= 0.3 is 0 Å². The van der Waals surface area contributed by atoms with Crippen molar-refractivity contribution in [2.75, 3.05) is 6.61 Å². The van der Waals surface area contributed by atoms with Crippen LogP contribution in [0.15, 0.2) is 18.3 Å². The molecule has 2 heterocycles. The molecule has 5 heteroatoms. The van der Waals surface area contributed by atoms with Crippen molar-refractivity contribution in [3.63, 3.8) is 0 Å². The van der Waals surface area contributed by atoms with Gasteiger partial charge in [-0.3, -0.25) is 9.78 Å². The summed E-state index contributed by atoms with van der Waals surface area (Å²) in [6.45, 7) is 0.750. The lowest BCUT2D eigenvalue weighted by Gasteiger charge is -2.10. The average molecular weight is 262 g/mol. The second kappa shape index (κ2) is 6.39. The number of hydrogen-bond acceptors (Lipinski definition) is 4. The fourth-order valence-corrected chi connectivity index (χ4v) is 2.18. The smallest absolute Gasteiger partial charge is 0.156 e. The monoisotopic (exact) mass is 262 g/mol. The fourth-order valence-electron chi connectivity index (χ4n) is 2.18. The molecule has 19 heavy (non-hydrogen) atoms. The molecule has 0 saturated carbocycles. The van der Waals surface area contributed by atoms with Gasteiger partial charge in [0, 0.05) is 13.0 Å². The van der Waals surface area contributed by atoms with Crippen LogP contribution in [0.4, 0.5) is 4.39 Å². The number of carbonyl (C=O) groups is 1. The van der Waals surface area contributed by atoms with Gasteiger partial charge in [-0.1, -0.05) is 0 Å². The summed E-state index contributed by atoms with van der Waals surface area (Å²) in [4.78, 5) is 15.8. The van der Waals surface area contributed by atoms with Gasteiger partial charge in [0.25, 0.3) is 0 Å². The molecular formula is C14H15FN2O2. The normalized spacial score (nSPS) is 19.9. The Morgan fingerprint density at radius 2 is 2.47 bits per heavy atom. The molecule has 1 aromatic rings. The van der Waals surface area contributed by atoms with Crippen LogP contribution in [0, 0.1) is 17.1 Å². The summed E-state index contributed by atoms with van der Waals surface area (Å²) in [7, 11) is 0. The van der Waals surface area contributed by atoms with E-state index in [0.29, 0.717) is 18.5 Å². The first kappa shape index (κ1) is 13.6. The van der Waals surface area contributed by atoms with Crippen molar-refractivity contribution in [2.24, 2.45) is 0 Å². The van der Waals surface area contributed by atoms with Gasteiger partial charge in [0.2, 0.25) is 0 Å². The highest BCUT2D eigenvalue weighted by molar-refractivity contribution is 5.87. The molecule has 0 N–H and O–H groups in total. The number of Topliss-reactive ketones (excluding diaryl/α,β-unsaturated/α-hetero) is 1. The highest BCUT2D eigenvalue weighted by Gasteiger charge is 2.23. The maximum Gasteiger partial charge on any atom is 0.156 e. The van der Waals surface area contributed by atoms with Gasteiger partial charge in [0.05, 0.1) is 24.1 Å². The second-order valence-corrected chi connectivity index (χ2v) is 4.60. The number of halogens is 1. The number of ether oxygens (including phenoxy) is 1. The van der Waals surface area contributed by atoms with Crippen LogP contribution in [-0.2, 0) is 9.53 Å². The van der Waals surface area contributed by atoms with Gasteiger partial charge in [-0.15, -0.1) is 0 Å². The third-order valence-electron chi connectivity index (χ3n) is 3.23. The maximum absolute atomic E-state index is 12.8. The van der Waals surface area contributed by atoms with E-state index < -0.39 is 11.7 Å². The molecule has 2 atom stereocenters. The Kier molecular flexibility index (Phi) is 4.58. The zero-order valence-electron chi connectivity index (χ0n) is 10.5. The van der Waals surface area contributed by atoms with Crippen LogP contribution in [0.1, 0.15) is 37.3 Å². The lowest BCUT2D eigenvalue weighted by atomic mass is 9.96. The van der Waals surface area contributed by atoms with Crippen LogP contribution in [0.25, 0.3) is 0 Å². The van der Waals surface area contributed by atoms with E-state index in [4.69, 9.17) is 10.00 Å². The molecule has 0 amide bonds. The first-order valence-corrected chi connectivity index (χ1v) is 6.36. The van der Waals surface area contributed by atoms with E-state index in [9.17, 15) is 9.18 Å². The third kappa shape index (κ3) is 3.58. The number of pyridine rings is 1. The Labute approximate surface area is 111 Å². The van der Waals surface area contributed by atoms with Gasteiger partial charge in [-0.25, -0.2) is 4.39 Å². The first-order chi connectivity index (χ1) is 9.20. The number of rotatable bonds is 5. The van der Waals surface area contributed by atoms with Gasteiger partial charge < -0.3 is 4.74 Å². The summed E-state index contributed by atoms with van der Waals surface area (Å²) < 4.78 is 18.2. The largest absolute Gasteiger partial charge is 0.378 e. The molecule has 0 unspecified atom stereocenters. The Morgan fingerprint density at radius 1 is 1.63 bits per heavy atom. The summed E-state index contributed by atoms with van der Waals surface area (Å²) >= 11 is 0. The summed E-state index contributed by atoms with van der Waals surface area (Å²) in [5.41, 5.74) is 0.307. The molecule has 0 aromatic carbocycles. The number of aromatic nitrogens is 1. The predicted molar refractivity (Wildman–Crippen MR) is 65.8 cm³/mol. The number of nitrogens with zero attached hydrogens (tertiary/aromatic N) is 2. The van der Waals surface area contributed by atoms with E-state index >= 15 is 0 Å². The highest BCUT2D eigenvalue weighted by atomic mass is 19.1. The topological polar surface area (TPSA) is 63.0 Å². The molecule has 1 aliphatic rings. The van der Waals surface area contributed by atoms with Crippen LogP contribution < -0.4 is 0 Å². The minimum absolute atomic E-state index is 0.129. The predicted octanol–water partition coefficient (Wildman–Crippen LogP) is 2.36. The van der Waals surface area contributed by atoms with Crippen molar-refractivity contribution in [2.45, 2.75) is 37.7 Å². The van der Waals surface area contributed by atoms with Crippen molar-refractivity contribution in [3.05, 3.63) is 29.8 Å². The highest BCUT2D eigenvalue weighted by Crippen LogP contribution is 2.21. The Morgan fingerprint density at radius 3 is 3.05 bits per heavy atom. The molecule has 100 valence electrons. The van der Waals surface area contributed by atoms with E-state index in [0.717, 1.165) is 25.6 Å². The van der Waals surface area contributed by atoms with Crippen molar-refractivity contribution in [3.8, 4) is 6.07 Å². The van der Waals surface area contributed by atoms with Gasteiger partial charge in [0.1, 0.15) is 11.7 Å². The molecule has 0 spiro atoms. The Balaban J connectivity index is 1.95. The van der Waals surface area contributed by atoms with Crippen LogP contribution in [0.2, 0.25) is 0 Å². The standard InChI is InChI=1S/C14H15FN2O2/c15-10-3-5-13(17-9-10)12(8-16)14(18)6-4-11-2-1-7-19-11/h3,5,9,11-12H,1-2,4,6-7H2/t11-,12+/m1/s1. The molecular weight excluding hydrogens is 247 g/mol. The van der Waals surface area contributed by atoms with E-state index in [2.05, 4.69) is 4.98 Å². The minimum atomic E-state index is -0.915. The number of hydrogen-bond donors (Lipinski definition) is 0. The first-order valence-electron chi connectivity index (χ1n) is 6.36. The van der Waals surface area contributed by atoms with E-state index in [1.54, 1.807) is 0 Å². The van der Waals surface area contributed by atoms with Crippen LogP contribution in [-0.4, -0.2) is 23.5 Å². The van der Waals surface area contributed by atoms with E-state index in [-0.39, 0.29) is 11.9 Å². The summed E-state index contributed by atoms with van der Waals surface area (Å²) in [6, 6.07) is 4.53. The molecule has 1 fully saturated rings. The van der Waals surface area contributed by atoms with Crippen molar-refractivity contribution < 1.29 is 13.9 Å². The number of nitriles is 1. The van der Waals surface area contributed by atoms with E-state index in [1.807, 2.05) is 6.07 Å². The Bertz CT molecular complexity index is 475. The summed E-state index contributed by atoms with van der Waals surface area (Å²) in [6.07, 6.45) is 4.08. The number of carbonyl (C=O) groups excluding carboxylic acids is 1. The van der Waals surface area contributed by atoms with Gasteiger partial charge in [0.15, 0.2) is 5.78 Å². The summed E-state index contributed by atoms with van der Waals surface area (Å²) in [5, 5.41) is 9.08. The van der Waals surface area contributed by atoms with Crippen molar-refractivity contribution in [1.29, 1.82) is 5.26 Å². The lowest BCUT2D eigenvalue weighted by Crippen LogP contribution is -2.15. The summed E-state index contributed by atoms with van der Waals surface area (Å²) in [5.74, 6) is -1.58. The SMILES string of the molecule is N#C[C@H](C(=O)CC[C@H]1CCCO1)c1ccc(F)cn1. The molecule has 1 saturated heterocycles. The van der Waals surface area contributed by atoms with E-state index in [1.165, 1.54) is 12.1 Å². The van der Waals surface area contributed by atoms with Crippen LogP contribution in [0.5, 0.6) is 0 Å². The molecule has 4 nitrogen and oxygen atoms in total. The zero-order valence-corrected chi connectivity index (χ0v) is 10.5.